The summed E-state index contributed by atoms with van der Waals surface area (Å²) in [5.74, 6) is 0. The fourth-order valence-corrected chi connectivity index (χ4v) is 2.07. The van der Waals surface area contributed by atoms with Crippen molar-refractivity contribution in [2.75, 3.05) is 59.1 Å². The lowest BCUT2D eigenvalue weighted by molar-refractivity contribution is 0.0317. The van der Waals surface area contributed by atoms with Gasteiger partial charge in [-0.15, -0.1) is 0 Å². The number of ether oxygens (including phenoxy) is 1. The van der Waals surface area contributed by atoms with Crippen molar-refractivity contribution in [2.45, 2.75) is 19.4 Å². The maximum atomic E-state index is 8.60. The molecule has 0 aromatic carbocycles. The van der Waals surface area contributed by atoms with Crippen molar-refractivity contribution in [3.63, 3.8) is 0 Å². The molecule has 3 N–H and O–H groups in total. The summed E-state index contributed by atoms with van der Waals surface area (Å²) in [6.45, 7) is 11.6. The molecule has 0 bridgehead atoms. The molecule has 0 amide bonds. The molecule has 5 nitrogen and oxygen atoms in total. The molecule has 0 unspecified atom stereocenters. The first-order valence-electron chi connectivity index (χ1n) is 6.46. The van der Waals surface area contributed by atoms with Gasteiger partial charge in [-0.1, -0.05) is 0 Å². The smallest absolute Gasteiger partial charge is 0.0698 e. The third-order valence-corrected chi connectivity index (χ3v) is 3.52. The van der Waals surface area contributed by atoms with Gasteiger partial charge in [-0.25, -0.2) is 0 Å². The van der Waals surface area contributed by atoms with Gasteiger partial charge in [-0.3, -0.25) is 9.80 Å². The fraction of sp³-hybridized carbons (Fsp3) is 1.00. The summed E-state index contributed by atoms with van der Waals surface area (Å²) < 4.78 is 5.28. The van der Waals surface area contributed by atoms with Crippen molar-refractivity contribution < 1.29 is 9.84 Å². The number of hydrogen-bond donors (Lipinski definition) is 2. The van der Waals surface area contributed by atoms with E-state index in [-0.39, 0.29) is 12.1 Å². The second kappa shape index (κ2) is 7.28. The number of nitrogens with two attached hydrogens (primary N) is 1. The van der Waals surface area contributed by atoms with E-state index in [0.717, 1.165) is 32.7 Å². The highest BCUT2D eigenvalue weighted by atomic mass is 16.5. The molecule has 0 aromatic rings. The van der Waals surface area contributed by atoms with E-state index < -0.39 is 0 Å². The van der Waals surface area contributed by atoms with Gasteiger partial charge in [0.1, 0.15) is 0 Å². The second-order valence-electron chi connectivity index (χ2n) is 5.18. The van der Waals surface area contributed by atoms with Crippen LogP contribution in [0.1, 0.15) is 13.8 Å². The Balaban J connectivity index is 2.17. The summed E-state index contributed by atoms with van der Waals surface area (Å²) in [5, 5.41) is 8.60. The van der Waals surface area contributed by atoms with Gasteiger partial charge in [0.25, 0.3) is 0 Å². The number of aliphatic hydroxyl groups is 1. The molecular weight excluding hydrogens is 218 g/mol. The van der Waals surface area contributed by atoms with Gasteiger partial charge < -0.3 is 15.6 Å². The topological polar surface area (TPSA) is 62.0 Å². The van der Waals surface area contributed by atoms with E-state index in [0.29, 0.717) is 19.8 Å². The average Bonchev–Trinajstić information content (AvgIpc) is 2.35. The largest absolute Gasteiger partial charge is 0.394 e. The number of piperazine rings is 1. The lowest BCUT2D eigenvalue weighted by atomic mass is 10.0. The summed E-state index contributed by atoms with van der Waals surface area (Å²) in [5.41, 5.74) is 5.90. The van der Waals surface area contributed by atoms with Crippen molar-refractivity contribution in [3.05, 3.63) is 0 Å². The lowest BCUT2D eigenvalue weighted by Crippen LogP contribution is -2.57. The minimum absolute atomic E-state index is 0.110. The molecule has 0 aromatic heterocycles. The van der Waals surface area contributed by atoms with Crippen LogP contribution in [-0.2, 0) is 4.74 Å². The highest BCUT2D eigenvalue weighted by Gasteiger charge is 2.28. The molecule has 1 fully saturated rings. The van der Waals surface area contributed by atoms with Crippen LogP contribution in [0.15, 0.2) is 0 Å². The Morgan fingerprint density at radius 1 is 1.18 bits per heavy atom. The van der Waals surface area contributed by atoms with Crippen LogP contribution in [0.5, 0.6) is 0 Å². The third kappa shape index (κ3) is 4.89. The van der Waals surface area contributed by atoms with Crippen LogP contribution in [0.3, 0.4) is 0 Å². The Kier molecular flexibility index (Phi) is 6.37. The van der Waals surface area contributed by atoms with Gasteiger partial charge in [0.15, 0.2) is 0 Å². The minimum atomic E-state index is 0.110. The van der Waals surface area contributed by atoms with E-state index in [2.05, 4.69) is 23.6 Å². The predicted molar refractivity (Wildman–Crippen MR) is 69.1 cm³/mol. The zero-order chi connectivity index (χ0) is 12.7. The normalized spacial score (nSPS) is 19.8. The molecule has 1 aliphatic rings. The summed E-state index contributed by atoms with van der Waals surface area (Å²) in [7, 11) is 0. The molecule has 17 heavy (non-hydrogen) atoms. The molecule has 0 spiro atoms. The van der Waals surface area contributed by atoms with E-state index in [1.54, 1.807) is 0 Å². The number of rotatable bonds is 7. The molecule has 5 heteroatoms. The first-order valence-corrected chi connectivity index (χ1v) is 6.46. The maximum absolute atomic E-state index is 8.60. The summed E-state index contributed by atoms with van der Waals surface area (Å²) in [4.78, 5) is 4.86. The molecule has 1 rings (SSSR count). The van der Waals surface area contributed by atoms with Gasteiger partial charge in [0, 0.05) is 44.8 Å². The Labute approximate surface area is 105 Å². The quantitative estimate of drug-likeness (QED) is 0.584. The van der Waals surface area contributed by atoms with Gasteiger partial charge in [-0.2, -0.15) is 0 Å². The molecule has 0 atom stereocenters. The minimum Gasteiger partial charge on any atom is -0.394 e. The van der Waals surface area contributed by atoms with E-state index in [1.165, 1.54) is 0 Å². The van der Waals surface area contributed by atoms with Gasteiger partial charge in [0.2, 0.25) is 0 Å². The van der Waals surface area contributed by atoms with Crippen molar-refractivity contribution in [1.82, 2.24) is 9.80 Å². The molecule has 0 radical (unpaired) electrons. The first kappa shape index (κ1) is 14.9. The molecule has 1 heterocycles. The van der Waals surface area contributed by atoms with E-state index >= 15 is 0 Å². The van der Waals surface area contributed by atoms with Crippen molar-refractivity contribution >= 4 is 0 Å². The third-order valence-electron chi connectivity index (χ3n) is 3.52. The molecular formula is C12H27N3O2. The lowest BCUT2D eigenvalue weighted by Gasteiger charge is -2.43. The molecule has 0 aliphatic carbocycles. The van der Waals surface area contributed by atoms with E-state index in [9.17, 15) is 0 Å². The van der Waals surface area contributed by atoms with E-state index in [4.69, 9.17) is 15.6 Å². The van der Waals surface area contributed by atoms with Crippen LogP contribution in [-0.4, -0.2) is 79.5 Å². The van der Waals surface area contributed by atoms with Crippen molar-refractivity contribution in [2.24, 2.45) is 5.73 Å². The van der Waals surface area contributed by atoms with Crippen LogP contribution in [0.4, 0.5) is 0 Å². The van der Waals surface area contributed by atoms with Crippen LogP contribution in [0.2, 0.25) is 0 Å². The Hall–Kier alpha value is -0.200. The Bertz CT molecular complexity index is 204. The standard InChI is InChI=1S/C12H27N3O2/c1-12(2,11-13)15-5-3-14(4-6-15)7-9-17-10-8-16/h16H,3-11,13H2,1-2H3. The molecule has 102 valence electrons. The zero-order valence-electron chi connectivity index (χ0n) is 11.2. The van der Waals surface area contributed by atoms with Crippen LogP contribution >= 0.6 is 0 Å². The Morgan fingerprint density at radius 3 is 2.35 bits per heavy atom. The SMILES string of the molecule is CC(C)(CN)N1CCN(CCOCCO)CC1. The fourth-order valence-electron chi connectivity index (χ4n) is 2.07. The average molecular weight is 245 g/mol. The van der Waals surface area contributed by atoms with Crippen LogP contribution < -0.4 is 5.73 Å². The maximum Gasteiger partial charge on any atom is 0.0698 e. The van der Waals surface area contributed by atoms with E-state index in [1.807, 2.05) is 0 Å². The molecule has 0 saturated carbocycles. The highest BCUT2D eigenvalue weighted by Crippen LogP contribution is 2.15. The number of aliphatic hydroxyl groups excluding tert-OH is 1. The highest BCUT2D eigenvalue weighted by molar-refractivity contribution is 4.86. The van der Waals surface area contributed by atoms with Gasteiger partial charge in [0.05, 0.1) is 19.8 Å². The number of hydrogen-bond acceptors (Lipinski definition) is 5. The van der Waals surface area contributed by atoms with Crippen LogP contribution in [0, 0.1) is 0 Å². The summed E-state index contributed by atoms with van der Waals surface area (Å²) in [6, 6.07) is 0. The number of nitrogens with zero attached hydrogens (tertiary/aromatic N) is 2. The second-order valence-corrected chi connectivity index (χ2v) is 5.18. The van der Waals surface area contributed by atoms with Gasteiger partial charge >= 0.3 is 0 Å². The molecule has 1 saturated heterocycles. The summed E-state index contributed by atoms with van der Waals surface area (Å²) >= 11 is 0. The van der Waals surface area contributed by atoms with Crippen molar-refractivity contribution in [1.29, 1.82) is 0 Å². The van der Waals surface area contributed by atoms with Gasteiger partial charge in [-0.05, 0) is 13.8 Å². The predicted octanol–water partition coefficient (Wildman–Crippen LogP) is -0.650. The monoisotopic (exact) mass is 245 g/mol. The zero-order valence-corrected chi connectivity index (χ0v) is 11.2. The Morgan fingerprint density at radius 2 is 1.82 bits per heavy atom. The summed E-state index contributed by atoms with van der Waals surface area (Å²) in [6.07, 6.45) is 0. The first-order chi connectivity index (χ1) is 8.10. The molecule has 1 aliphatic heterocycles. The van der Waals surface area contributed by atoms with Crippen molar-refractivity contribution in [3.8, 4) is 0 Å². The van der Waals surface area contributed by atoms with Crippen LogP contribution in [0.25, 0.3) is 0 Å².